The Labute approximate surface area is 126 Å². The molecule has 0 spiro atoms. The number of pyridine rings is 1. The second kappa shape index (κ2) is 8.04. The van der Waals surface area contributed by atoms with Gasteiger partial charge in [-0.05, 0) is 25.0 Å². The van der Waals surface area contributed by atoms with E-state index in [1.54, 1.807) is 0 Å². The monoisotopic (exact) mass is 320 g/mol. The average molecular weight is 321 g/mol. The number of ether oxygens (including phenoxy) is 1. The smallest absolute Gasteiger partial charge is 0.326 e. The molecule has 0 radical (unpaired) electrons. The lowest BCUT2D eigenvalue weighted by atomic mass is 10.1. The van der Waals surface area contributed by atoms with Crippen LogP contribution in [0.3, 0.4) is 0 Å². The van der Waals surface area contributed by atoms with Gasteiger partial charge in [-0.1, -0.05) is 23.2 Å². The van der Waals surface area contributed by atoms with Gasteiger partial charge in [-0.25, -0.2) is 9.78 Å². The van der Waals surface area contributed by atoms with Crippen molar-refractivity contribution < 1.29 is 19.4 Å². The predicted molar refractivity (Wildman–Crippen MR) is 74.3 cm³/mol. The first-order chi connectivity index (χ1) is 9.45. The second-order valence-electron chi connectivity index (χ2n) is 3.97. The van der Waals surface area contributed by atoms with E-state index < -0.39 is 17.9 Å². The van der Waals surface area contributed by atoms with E-state index in [1.165, 1.54) is 19.2 Å². The molecule has 0 aliphatic heterocycles. The number of carboxylic acids is 1. The summed E-state index contributed by atoms with van der Waals surface area (Å²) in [6.45, 7) is 0.420. The molecule has 1 aromatic rings. The Bertz CT molecular complexity index is 496. The molecule has 1 amide bonds. The fourth-order valence-corrected chi connectivity index (χ4v) is 1.94. The van der Waals surface area contributed by atoms with Gasteiger partial charge in [-0.15, -0.1) is 0 Å². The number of hydrogen-bond donors (Lipinski definition) is 2. The summed E-state index contributed by atoms with van der Waals surface area (Å²) >= 11 is 11.4. The molecular weight excluding hydrogens is 307 g/mol. The summed E-state index contributed by atoms with van der Waals surface area (Å²) in [4.78, 5) is 26.8. The first kappa shape index (κ1) is 16.7. The van der Waals surface area contributed by atoms with E-state index in [1.807, 2.05) is 0 Å². The highest BCUT2D eigenvalue weighted by Crippen LogP contribution is 2.16. The highest BCUT2D eigenvalue weighted by molar-refractivity contribution is 6.34. The predicted octanol–water partition coefficient (Wildman–Crippen LogP) is 2.00. The van der Waals surface area contributed by atoms with Gasteiger partial charge in [0.15, 0.2) is 0 Å². The van der Waals surface area contributed by atoms with Crippen LogP contribution in [-0.2, 0) is 9.53 Å². The number of amides is 1. The van der Waals surface area contributed by atoms with E-state index in [-0.39, 0.29) is 22.3 Å². The molecule has 0 bridgehead atoms. The van der Waals surface area contributed by atoms with Crippen molar-refractivity contribution in [3.8, 4) is 0 Å². The summed E-state index contributed by atoms with van der Waals surface area (Å²) in [6.07, 6.45) is 0.772. The summed E-state index contributed by atoms with van der Waals surface area (Å²) in [7, 11) is 1.52. The maximum atomic E-state index is 12.0. The van der Waals surface area contributed by atoms with Crippen molar-refractivity contribution in [2.45, 2.75) is 18.9 Å². The SMILES string of the molecule is COCCCC(NC(=O)c1ccc(Cl)nc1Cl)C(=O)O. The lowest BCUT2D eigenvalue weighted by molar-refractivity contribution is -0.139. The van der Waals surface area contributed by atoms with E-state index in [4.69, 9.17) is 33.0 Å². The molecule has 0 saturated heterocycles. The van der Waals surface area contributed by atoms with Crippen LogP contribution < -0.4 is 5.32 Å². The maximum Gasteiger partial charge on any atom is 0.326 e. The standard InChI is InChI=1S/C12H14Cl2N2O4/c1-20-6-2-3-8(12(18)19)15-11(17)7-4-5-9(13)16-10(7)14/h4-5,8H,2-3,6H2,1H3,(H,15,17)(H,18,19). The molecule has 1 heterocycles. The van der Waals surface area contributed by atoms with Crippen molar-refractivity contribution in [1.82, 2.24) is 10.3 Å². The minimum Gasteiger partial charge on any atom is -0.480 e. The maximum absolute atomic E-state index is 12.0. The first-order valence-corrected chi connectivity index (χ1v) is 6.56. The van der Waals surface area contributed by atoms with Gasteiger partial charge < -0.3 is 15.2 Å². The van der Waals surface area contributed by atoms with E-state index in [0.29, 0.717) is 13.0 Å². The number of carbonyl (C=O) groups excluding carboxylic acids is 1. The van der Waals surface area contributed by atoms with Crippen LogP contribution in [0.5, 0.6) is 0 Å². The Kier molecular flexibility index (Phi) is 6.70. The molecule has 8 heteroatoms. The van der Waals surface area contributed by atoms with Crippen LogP contribution in [0.15, 0.2) is 12.1 Å². The molecule has 0 aliphatic carbocycles. The van der Waals surface area contributed by atoms with E-state index >= 15 is 0 Å². The van der Waals surface area contributed by atoms with Crippen molar-refractivity contribution in [2.75, 3.05) is 13.7 Å². The van der Waals surface area contributed by atoms with Gasteiger partial charge in [0.25, 0.3) is 5.91 Å². The number of rotatable bonds is 7. The zero-order valence-corrected chi connectivity index (χ0v) is 12.2. The van der Waals surface area contributed by atoms with E-state index in [9.17, 15) is 9.59 Å². The average Bonchev–Trinajstić information content (AvgIpc) is 2.37. The Morgan fingerprint density at radius 3 is 2.70 bits per heavy atom. The Morgan fingerprint density at radius 1 is 1.45 bits per heavy atom. The van der Waals surface area contributed by atoms with E-state index in [2.05, 4.69) is 10.3 Å². The van der Waals surface area contributed by atoms with Crippen LogP contribution in [0.4, 0.5) is 0 Å². The Balaban J connectivity index is 2.72. The van der Waals surface area contributed by atoms with Gasteiger partial charge in [0.2, 0.25) is 0 Å². The second-order valence-corrected chi connectivity index (χ2v) is 4.72. The minimum atomic E-state index is -1.12. The van der Waals surface area contributed by atoms with Crippen molar-refractivity contribution in [2.24, 2.45) is 0 Å². The third-order valence-corrected chi connectivity index (χ3v) is 3.00. The van der Waals surface area contributed by atoms with Crippen LogP contribution in [0.2, 0.25) is 10.3 Å². The molecule has 0 saturated carbocycles. The van der Waals surface area contributed by atoms with Gasteiger partial charge in [0, 0.05) is 13.7 Å². The quantitative estimate of drug-likeness (QED) is 0.592. The summed E-state index contributed by atoms with van der Waals surface area (Å²) in [6, 6.07) is 1.79. The largest absolute Gasteiger partial charge is 0.480 e. The number of aromatic nitrogens is 1. The summed E-state index contributed by atoms with van der Waals surface area (Å²) in [5, 5.41) is 11.5. The third-order valence-electron chi connectivity index (χ3n) is 2.50. The fourth-order valence-electron chi connectivity index (χ4n) is 1.51. The number of methoxy groups -OCH3 is 1. The molecule has 1 atom stereocenters. The summed E-state index contributed by atoms with van der Waals surface area (Å²) < 4.78 is 4.84. The highest BCUT2D eigenvalue weighted by Gasteiger charge is 2.21. The van der Waals surface area contributed by atoms with Gasteiger partial charge in [-0.3, -0.25) is 4.79 Å². The number of nitrogens with one attached hydrogen (secondary N) is 1. The molecule has 2 N–H and O–H groups in total. The summed E-state index contributed by atoms with van der Waals surface area (Å²) in [5.74, 6) is -1.73. The molecule has 6 nitrogen and oxygen atoms in total. The van der Waals surface area contributed by atoms with Crippen LogP contribution in [0.25, 0.3) is 0 Å². The van der Waals surface area contributed by atoms with Gasteiger partial charge in [0.1, 0.15) is 16.3 Å². The Hall–Kier alpha value is -1.37. The molecule has 1 unspecified atom stereocenters. The number of aliphatic carboxylic acids is 1. The molecule has 0 fully saturated rings. The molecule has 20 heavy (non-hydrogen) atoms. The lowest BCUT2D eigenvalue weighted by Gasteiger charge is -2.14. The first-order valence-electron chi connectivity index (χ1n) is 5.80. The van der Waals surface area contributed by atoms with Crippen molar-refractivity contribution in [3.63, 3.8) is 0 Å². The zero-order valence-electron chi connectivity index (χ0n) is 10.7. The molecule has 110 valence electrons. The van der Waals surface area contributed by atoms with Crippen molar-refractivity contribution in [3.05, 3.63) is 28.0 Å². The third kappa shape index (κ3) is 4.96. The number of halogens is 2. The minimum absolute atomic E-state index is 0.0731. The van der Waals surface area contributed by atoms with Gasteiger partial charge in [0.05, 0.1) is 5.56 Å². The molecule has 1 rings (SSSR count). The number of nitrogens with zero attached hydrogens (tertiary/aromatic N) is 1. The van der Waals surface area contributed by atoms with Crippen LogP contribution >= 0.6 is 23.2 Å². The topological polar surface area (TPSA) is 88.5 Å². The van der Waals surface area contributed by atoms with Crippen molar-refractivity contribution >= 4 is 35.1 Å². The highest BCUT2D eigenvalue weighted by atomic mass is 35.5. The molecular formula is C12H14Cl2N2O4. The summed E-state index contributed by atoms with van der Waals surface area (Å²) in [5.41, 5.74) is 0.0778. The number of carbonyl (C=O) groups is 2. The Morgan fingerprint density at radius 2 is 2.15 bits per heavy atom. The van der Waals surface area contributed by atoms with Crippen LogP contribution in [0, 0.1) is 0 Å². The fraction of sp³-hybridized carbons (Fsp3) is 0.417. The van der Waals surface area contributed by atoms with E-state index in [0.717, 1.165) is 0 Å². The normalized spacial score (nSPS) is 11.9. The molecule has 1 aromatic heterocycles. The number of hydrogen-bond acceptors (Lipinski definition) is 4. The molecule has 0 aromatic carbocycles. The van der Waals surface area contributed by atoms with Gasteiger partial charge >= 0.3 is 5.97 Å². The molecule has 0 aliphatic rings. The van der Waals surface area contributed by atoms with Crippen LogP contribution in [-0.4, -0.2) is 41.7 Å². The van der Waals surface area contributed by atoms with Gasteiger partial charge in [-0.2, -0.15) is 0 Å². The number of carboxylic acid groups (broad SMARTS) is 1. The lowest BCUT2D eigenvalue weighted by Crippen LogP contribution is -2.41. The van der Waals surface area contributed by atoms with Crippen LogP contribution in [0.1, 0.15) is 23.2 Å². The van der Waals surface area contributed by atoms with Crippen molar-refractivity contribution in [1.29, 1.82) is 0 Å². The zero-order chi connectivity index (χ0) is 15.1.